The van der Waals surface area contributed by atoms with E-state index in [-0.39, 0.29) is 6.04 Å². The van der Waals surface area contributed by atoms with Crippen LogP contribution in [0.25, 0.3) is 10.9 Å². The Morgan fingerprint density at radius 2 is 2.19 bits per heavy atom. The van der Waals surface area contributed by atoms with Gasteiger partial charge in [-0.3, -0.25) is 9.36 Å². The van der Waals surface area contributed by atoms with Crippen LogP contribution in [0.5, 0.6) is 0 Å². The van der Waals surface area contributed by atoms with E-state index in [2.05, 4.69) is 32.6 Å². The molecule has 1 fully saturated rings. The van der Waals surface area contributed by atoms with Crippen LogP contribution in [0.3, 0.4) is 0 Å². The summed E-state index contributed by atoms with van der Waals surface area (Å²) in [6.07, 6.45) is 6.92. The summed E-state index contributed by atoms with van der Waals surface area (Å²) in [7, 11) is 0. The Labute approximate surface area is 156 Å². The fourth-order valence-corrected chi connectivity index (χ4v) is 4.37. The summed E-state index contributed by atoms with van der Waals surface area (Å²) in [5.41, 5.74) is 2.08. The number of hydrogen-bond donors (Lipinski definition) is 2. The second-order valence-corrected chi connectivity index (χ2v) is 8.06. The number of benzene rings is 1. The standard InChI is InChI=1S/C18H24N6OS/c1-13(18(25)10-23-12-19-11-20-23)24-9-14-8-16(2-3-17(14)22-24)21-15-4-6-26-7-5-15/h2-3,8-9,11-13,15,18,21,25H,4-7,10H2,1H3. The molecule has 2 atom stereocenters. The predicted octanol–water partition coefficient (Wildman–Crippen LogP) is 2.56. The first kappa shape index (κ1) is 17.4. The molecule has 1 aliphatic rings. The van der Waals surface area contributed by atoms with Gasteiger partial charge in [-0.05, 0) is 49.5 Å². The zero-order valence-electron chi connectivity index (χ0n) is 14.8. The number of fused-ring (bicyclic) bond motifs is 1. The fourth-order valence-electron chi connectivity index (χ4n) is 3.27. The molecular formula is C18H24N6OS. The fraction of sp³-hybridized carbons (Fsp3) is 0.500. The molecule has 0 aliphatic carbocycles. The van der Waals surface area contributed by atoms with E-state index in [0.717, 1.165) is 16.6 Å². The van der Waals surface area contributed by atoms with E-state index in [0.29, 0.717) is 12.6 Å². The van der Waals surface area contributed by atoms with Crippen molar-refractivity contribution in [3.63, 3.8) is 0 Å². The van der Waals surface area contributed by atoms with E-state index in [1.807, 2.05) is 35.6 Å². The average molecular weight is 372 g/mol. The lowest BCUT2D eigenvalue weighted by atomic mass is 10.1. The summed E-state index contributed by atoms with van der Waals surface area (Å²) in [6, 6.07) is 6.70. The second-order valence-electron chi connectivity index (χ2n) is 6.84. The number of nitrogens with zero attached hydrogens (tertiary/aromatic N) is 5. The van der Waals surface area contributed by atoms with Crippen molar-refractivity contribution in [3.05, 3.63) is 37.1 Å². The van der Waals surface area contributed by atoms with Crippen molar-refractivity contribution in [2.75, 3.05) is 16.8 Å². The Kier molecular flexibility index (Phi) is 5.12. The molecule has 1 aromatic carbocycles. The average Bonchev–Trinajstić information content (AvgIpc) is 3.31. The monoisotopic (exact) mass is 372 g/mol. The lowest BCUT2D eigenvalue weighted by molar-refractivity contribution is 0.0937. The summed E-state index contributed by atoms with van der Waals surface area (Å²) >= 11 is 2.03. The Balaban J connectivity index is 1.47. The van der Waals surface area contributed by atoms with E-state index in [1.54, 1.807) is 11.0 Å². The first-order chi connectivity index (χ1) is 12.7. The van der Waals surface area contributed by atoms with Crippen molar-refractivity contribution in [1.29, 1.82) is 0 Å². The number of aliphatic hydroxyl groups is 1. The summed E-state index contributed by atoms with van der Waals surface area (Å²) < 4.78 is 3.47. The second kappa shape index (κ2) is 7.67. The molecule has 138 valence electrons. The Hall–Kier alpha value is -2.06. The van der Waals surface area contributed by atoms with Crippen molar-refractivity contribution in [3.8, 4) is 0 Å². The van der Waals surface area contributed by atoms with Crippen LogP contribution < -0.4 is 5.32 Å². The van der Waals surface area contributed by atoms with Crippen molar-refractivity contribution in [2.45, 2.75) is 44.5 Å². The number of nitrogens with one attached hydrogen (secondary N) is 1. The van der Waals surface area contributed by atoms with Gasteiger partial charge in [0.25, 0.3) is 0 Å². The van der Waals surface area contributed by atoms with E-state index in [4.69, 9.17) is 0 Å². The Morgan fingerprint density at radius 1 is 1.35 bits per heavy atom. The molecule has 0 bridgehead atoms. The molecule has 4 rings (SSSR count). The molecule has 1 aliphatic heterocycles. The highest BCUT2D eigenvalue weighted by molar-refractivity contribution is 7.99. The first-order valence-electron chi connectivity index (χ1n) is 9.03. The van der Waals surface area contributed by atoms with Gasteiger partial charge >= 0.3 is 0 Å². The molecule has 2 aromatic heterocycles. The van der Waals surface area contributed by atoms with Crippen molar-refractivity contribution >= 4 is 28.4 Å². The highest BCUT2D eigenvalue weighted by Crippen LogP contribution is 2.25. The maximum Gasteiger partial charge on any atom is 0.137 e. The molecule has 1 saturated heterocycles. The molecule has 0 saturated carbocycles. The Bertz CT molecular complexity index is 843. The van der Waals surface area contributed by atoms with Gasteiger partial charge < -0.3 is 10.4 Å². The lowest BCUT2D eigenvalue weighted by Gasteiger charge is -2.23. The van der Waals surface area contributed by atoms with Crippen LogP contribution in [0.1, 0.15) is 25.8 Å². The van der Waals surface area contributed by atoms with E-state index < -0.39 is 6.10 Å². The van der Waals surface area contributed by atoms with Crippen LogP contribution in [0, 0.1) is 0 Å². The molecule has 0 spiro atoms. The van der Waals surface area contributed by atoms with E-state index >= 15 is 0 Å². The van der Waals surface area contributed by atoms with Crippen molar-refractivity contribution in [2.24, 2.45) is 0 Å². The predicted molar refractivity (Wildman–Crippen MR) is 104 cm³/mol. The molecule has 0 amide bonds. The quantitative estimate of drug-likeness (QED) is 0.692. The number of hydrogen-bond acceptors (Lipinski definition) is 6. The van der Waals surface area contributed by atoms with Gasteiger partial charge in [0, 0.05) is 23.3 Å². The number of thioether (sulfide) groups is 1. The summed E-state index contributed by atoms with van der Waals surface area (Å²) in [4.78, 5) is 3.91. The summed E-state index contributed by atoms with van der Waals surface area (Å²) in [5, 5.41) is 23.9. The van der Waals surface area contributed by atoms with Gasteiger partial charge in [0.15, 0.2) is 0 Å². The van der Waals surface area contributed by atoms with Crippen molar-refractivity contribution in [1.82, 2.24) is 24.5 Å². The van der Waals surface area contributed by atoms with Gasteiger partial charge in [-0.25, -0.2) is 4.98 Å². The van der Waals surface area contributed by atoms with Gasteiger partial charge in [0.05, 0.1) is 24.2 Å². The molecule has 0 radical (unpaired) electrons. The molecular weight excluding hydrogens is 348 g/mol. The largest absolute Gasteiger partial charge is 0.389 e. The summed E-state index contributed by atoms with van der Waals surface area (Å²) in [5.74, 6) is 2.47. The number of rotatable bonds is 6. The maximum atomic E-state index is 10.5. The molecule has 8 heteroatoms. The van der Waals surface area contributed by atoms with Gasteiger partial charge in [-0.1, -0.05) is 0 Å². The van der Waals surface area contributed by atoms with Crippen LogP contribution in [0.2, 0.25) is 0 Å². The minimum Gasteiger partial charge on any atom is -0.389 e. The molecule has 3 aromatic rings. The molecule has 2 N–H and O–H groups in total. The minimum absolute atomic E-state index is 0.154. The zero-order valence-corrected chi connectivity index (χ0v) is 15.6. The van der Waals surface area contributed by atoms with Crippen LogP contribution in [-0.4, -0.2) is 53.3 Å². The van der Waals surface area contributed by atoms with Gasteiger partial charge in [-0.2, -0.15) is 22.0 Å². The van der Waals surface area contributed by atoms with Crippen LogP contribution in [0.15, 0.2) is 37.1 Å². The number of anilines is 1. The molecule has 26 heavy (non-hydrogen) atoms. The maximum absolute atomic E-state index is 10.5. The minimum atomic E-state index is -0.594. The third-order valence-corrected chi connectivity index (χ3v) is 5.98. The number of aromatic nitrogens is 5. The molecule has 2 unspecified atom stereocenters. The van der Waals surface area contributed by atoms with Gasteiger partial charge in [0.1, 0.15) is 12.7 Å². The first-order valence-corrected chi connectivity index (χ1v) is 10.2. The van der Waals surface area contributed by atoms with Crippen molar-refractivity contribution < 1.29 is 5.11 Å². The van der Waals surface area contributed by atoms with Gasteiger partial charge in [0.2, 0.25) is 0 Å². The van der Waals surface area contributed by atoms with E-state index in [9.17, 15) is 5.11 Å². The van der Waals surface area contributed by atoms with E-state index in [1.165, 1.54) is 30.7 Å². The van der Waals surface area contributed by atoms with Crippen LogP contribution >= 0.6 is 11.8 Å². The highest BCUT2D eigenvalue weighted by atomic mass is 32.2. The van der Waals surface area contributed by atoms with Gasteiger partial charge in [-0.15, -0.1) is 0 Å². The smallest absolute Gasteiger partial charge is 0.137 e. The van der Waals surface area contributed by atoms with Crippen LogP contribution in [0.4, 0.5) is 5.69 Å². The SMILES string of the molecule is CC(C(O)Cn1cncn1)n1cc2cc(NC3CCSCC3)ccc2n1. The summed E-state index contributed by atoms with van der Waals surface area (Å²) in [6.45, 7) is 2.36. The zero-order chi connectivity index (χ0) is 17.9. The van der Waals surface area contributed by atoms with Crippen LogP contribution in [-0.2, 0) is 6.54 Å². The normalized spacial score (nSPS) is 18.1. The number of aliphatic hydroxyl groups excluding tert-OH is 1. The third kappa shape index (κ3) is 3.86. The molecule has 7 nitrogen and oxygen atoms in total. The lowest BCUT2D eigenvalue weighted by Crippen LogP contribution is -2.27. The highest BCUT2D eigenvalue weighted by Gasteiger charge is 2.19. The molecule has 3 heterocycles. The third-order valence-electron chi connectivity index (χ3n) is 4.93. The Morgan fingerprint density at radius 3 is 2.96 bits per heavy atom. The topological polar surface area (TPSA) is 80.8 Å².